The molecular weight excluding hydrogens is 693 g/mol. The molecule has 0 fully saturated rings. The highest BCUT2D eigenvalue weighted by Crippen LogP contribution is 2.43. The van der Waals surface area contributed by atoms with Crippen LogP contribution in [0.1, 0.15) is 0 Å². The zero-order chi connectivity index (χ0) is 37.7. The Morgan fingerprint density at radius 1 is 0.316 bits per heavy atom. The van der Waals surface area contributed by atoms with Crippen LogP contribution in [0.2, 0.25) is 0 Å². The standard InChI is InChI=1S/C54H36N2O/c1-3-14-38(15-4-1)45-32-30-43(35-49(45)39-16-5-2-6-17-39)55(44-31-33-54-50(36-44)48-22-9-12-25-53(48)57-54)41-28-26-37(27-29-41)40-18-13-19-42(34-40)56-51-23-10-7-20-46(51)47-21-8-11-24-52(47)56/h1-36H. The normalized spacial score (nSPS) is 11.5. The summed E-state index contributed by atoms with van der Waals surface area (Å²) < 4.78 is 8.65. The zero-order valence-electron chi connectivity index (χ0n) is 31.1. The maximum Gasteiger partial charge on any atom is 0.135 e. The maximum absolute atomic E-state index is 6.27. The summed E-state index contributed by atoms with van der Waals surface area (Å²) in [5.41, 5.74) is 15.6. The Labute approximate surface area is 330 Å². The van der Waals surface area contributed by atoms with Crippen molar-refractivity contribution in [1.82, 2.24) is 4.57 Å². The molecule has 0 aliphatic carbocycles. The van der Waals surface area contributed by atoms with Gasteiger partial charge in [0.15, 0.2) is 0 Å². The van der Waals surface area contributed by atoms with Crippen LogP contribution in [0, 0.1) is 0 Å². The molecule has 57 heavy (non-hydrogen) atoms. The van der Waals surface area contributed by atoms with Crippen LogP contribution in [0.15, 0.2) is 223 Å². The highest BCUT2D eigenvalue weighted by Gasteiger charge is 2.19. The van der Waals surface area contributed by atoms with Gasteiger partial charge in [-0.3, -0.25) is 0 Å². The Balaban J connectivity index is 1.05. The van der Waals surface area contributed by atoms with Crippen LogP contribution in [0.3, 0.4) is 0 Å². The van der Waals surface area contributed by atoms with Gasteiger partial charge in [-0.2, -0.15) is 0 Å². The van der Waals surface area contributed by atoms with E-state index in [2.05, 4.69) is 216 Å². The van der Waals surface area contributed by atoms with Gasteiger partial charge in [0.25, 0.3) is 0 Å². The minimum Gasteiger partial charge on any atom is -0.456 e. The van der Waals surface area contributed by atoms with Crippen LogP contribution in [0.5, 0.6) is 0 Å². The summed E-state index contributed by atoms with van der Waals surface area (Å²) in [7, 11) is 0. The van der Waals surface area contributed by atoms with Crippen LogP contribution in [0.25, 0.3) is 82.8 Å². The third-order valence-electron chi connectivity index (χ3n) is 11.2. The number of hydrogen-bond acceptors (Lipinski definition) is 2. The minimum atomic E-state index is 0.878. The fourth-order valence-electron chi connectivity index (χ4n) is 8.53. The Morgan fingerprint density at radius 3 is 1.58 bits per heavy atom. The van der Waals surface area contributed by atoms with Gasteiger partial charge in [-0.25, -0.2) is 0 Å². The molecule has 3 heteroatoms. The smallest absolute Gasteiger partial charge is 0.135 e. The van der Waals surface area contributed by atoms with E-state index >= 15 is 0 Å². The van der Waals surface area contributed by atoms with Crippen LogP contribution >= 0.6 is 0 Å². The van der Waals surface area contributed by atoms with Gasteiger partial charge in [-0.1, -0.05) is 146 Å². The van der Waals surface area contributed by atoms with E-state index < -0.39 is 0 Å². The number of nitrogens with zero attached hydrogens (tertiary/aromatic N) is 2. The summed E-state index contributed by atoms with van der Waals surface area (Å²) in [6, 6.07) is 78.2. The number of aromatic nitrogens is 1. The molecule has 0 saturated carbocycles. The maximum atomic E-state index is 6.27. The predicted octanol–water partition coefficient (Wildman–Crippen LogP) is 15.2. The summed E-state index contributed by atoms with van der Waals surface area (Å²) >= 11 is 0. The van der Waals surface area contributed by atoms with Gasteiger partial charge in [0, 0.05) is 44.3 Å². The van der Waals surface area contributed by atoms with E-state index in [1.807, 2.05) is 12.1 Å². The summed E-state index contributed by atoms with van der Waals surface area (Å²) in [5.74, 6) is 0. The fourth-order valence-corrected chi connectivity index (χ4v) is 8.53. The first-order chi connectivity index (χ1) is 28.3. The van der Waals surface area contributed by atoms with Crippen molar-refractivity contribution in [3.8, 4) is 39.1 Å². The predicted molar refractivity (Wildman–Crippen MR) is 239 cm³/mol. The fraction of sp³-hybridized carbons (Fsp3) is 0. The Hall–Kier alpha value is -7.62. The number of hydrogen-bond donors (Lipinski definition) is 0. The van der Waals surface area contributed by atoms with Gasteiger partial charge in [0.2, 0.25) is 0 Å². The third kappa shape index (κ3) is 5.68. The first kappa shape index (κ1) is 32.8. The molecule has 0 unspecified atom stereocenters. The van der Waals surface area contributed by atoms with Crippen molar-refractivity contribution in [2.75, 3.05) is 4.90 Å². The van der Waals surface area contributed by atoms with Gasteiger partial charge in [-0.05, 0) is 106 Å². The molecule has 9 aromatic carbocycles. The molecule has 2 aromatic heterocycles. The van der Waals surface area contributed by atoms with Crippen molar-refractivity contribution in [3.05, 3.63) is 218 Å². The summed E-state index contributed by atoms with van der Waals surface area (Å²) in [6.45, 7) is 0. The van der Waals surface area contributed by atoms with E-state index in [4.69, 9.17) is 4.42 Å². The highest BCUT2D eigenvalue weighted by molar-refractivity contribution is 6.09. The molecule has 0 atom stereocenters. The molecule has 0 spiro atoms. The molecule has 0 radical (unpaired) electrons. The second-order valence-corrected chi connectivity index (χ2v) is 14.5. The lowest BCUT2D eigenvalue weighted by Gasteiger charge is -2.27. The Bertz CT molecular complexity index is 3180. The molecule has 0 aliphatic rings. The molecule has 0 saturated heterocycles. The number of anilines is 3. The lowest BCUT2D eigenvalue weighted by atomic mass is 9.93. The van der Waals surface area contributed by atoms with Crippen LogP contribution in [-0.4, -0.2) is 4.57 Å². The number of furan rings is 1. The van der Waals surface area contributed by atoms with E-state index in [9.17, 15) is 0 Å². The van der Waals surface area contributed by atoms with Crippen molar-refractivity contribution >= 4 is 60.8 Å². The summed E-state index contributed by atoms with van der Waals surface area (Å²) in [4.78, 5) is 2.36. The largest absolute Gasteiger partial charge is 0.456 e. The average molecular weight is 729 g/mol. The molecule has 0 amide bonds. The molecule has 3 nitrogen and oxygen atoms in total. The summed E-state index contributed by atoms with van der Waals surface area (Å²) in [5, 5.41) is 4.72. The monoisotopic (exact) mass is 728 g/mol. The van der Waals surface area contributed by atoms with Crippen molar-refractivity contribution in [2.45, 2.75) is 0 Å². The first-order valence-electron chi connectivity index (χ1n) is 19.4. The average Bonchev–Trinajstić information content (AvgIpc) is 3.83. The SMILES string of the molecule is c1ccc(-c2ccc(N(c3ccc(-c4cccc(-n5c6ccccc6c6ccccc65)c4)cc3)c3ccc4oc5ccccc5c4c3)cc2-c2ccccc2)cc1. The van der Waals surface area contributed by atoms with Gasteiger partial charge in [0.05, 0.1) is 11.0 Å². The Morgan fingerprint density at radius 2 is 0.860 bits per heavy atom. The number of fused-ring (bicyclic) bond motifs is 6. The minimum absolute atomic E-state index is 0.878. The van der Waals surface area contributed by atoms with E-state index in [1.54, 1.807) is 0 Å². The van der Waals surface area contributed by atoms with Crippen LogP contribution in [-0.2, 0) is 0 Å². The first-order valence-corrected chi connectivity index (χ1v) is 19.4. The quantitative estimate of drug-likeness (QED) is 0.163. The molecule has 11 aromatic rings. The highest BCUT2D eigenvalue weighted by atomic mass is 16.3. The lowest BCUT2D eigenvalue weighted by molar-refractivity contribution is 0.669. The van der Waals surface area contributed by atoms with Gasteiger partial charge in [-0.15, -0.1) is 0 Å². The van der Waals surface area contributed by atoms with E-state index in [1.165, 1.54) is 44.1 Å². The lowest BCUT2D eigenvalue weighted by Crippen LogP contribution is -2.10. The van der Waals surface area contributed by atoms with Gasteiger partial charge < -0.3 is 13.9 Å². The second-order valence-electron chi connectivity index (χ2n) is 14.5. The molecule has 11 rings (SSSR count). The molecular formula is C54H36N2O. The Kier molecular flexibility index (Phi) is 7.82. The number of para-hydroxylation sites is 3. The van der Waals surface area contributed by atoms with Crippen molar-refractivity contribution in [3.63, 3.8) is 0 Å². The zero-order valence-corrected chi connectivity index (χ0v) is 31.1. The molecule has 0 bridgehead atoms. The van der Waals surface area contributed by atoms with Crippen LogP contribution < -0.4 is 4.90 Å². The van der Waals surface area contributed by atoms with E-state index in [0.717, 1.165) is 55.8 Å². The van der Waals surface area contributed by atoms with Crippen molar-refractivity contribution in [2.24, 2.45) is 0 Å². The van der Waals surface area contributed by atoms with Crippen LogP contribution in [0.4, 0.5) is 17.1 Å². The second kappa shape index (κ2) is 13.6. The molecule has 268 valence electrons. The summed E-state index contributed by atoms with van der Waals surface area (Å²) in [6.07, 6.45) is 0. The van der Waals surface area contributed by atoms with E-state index in [0.29, 0.717) is 0 Å². The number of benzene rings is 9. The third-order valence-corrected chi connectivity index (χ3v) is 11.2. The molecule has 0 aliphatic heterocycles. The van der Waals surface area contributed by atoms with E-state index in [-0.39, 0.29) is 0 Å². The van der Waals surface area contributed by atoms with Gasteiger partial charge >= 0.3 is 0 Å². The molecule has 2 heterocycles. The van der Waals surface area contributed by atoms with Crippen molar-refractivity contribution in [1.29, 1.82) is 0 Å². The molecule has 0 N–H and O–H groups in total. The number of rotatable bonds is 7. The topological polar surface area (TPSA) is 21.3 Å². The van der Waals surface area contributed by atoms with Gasteiger partial charge in [0.1, 0.15) is 11.2 Å². The van der Waals surface area contributed by atoms with Crippen molar-refractivity contribution < 1.29 is 4.42 Å².